The van der Waals surface area contributed by atoms with Crippen molar-refractivity contribution in [3.05, 3.63) is 59.2 Å². The van der Waals surface area contributed by atoms with Crippen LogP contribution in [0.5, 0.6) is 0 Å². The lowest BCUT2D eigenvalue weighted by molar-refractivity contribution is 0.547. The largest absolute Gasteiger partial charge is 0.342 e. The third-order valence-corrected chi connectivity index (χ3v) is 2.39. The molecule has 2 aromatic rings. The number of rotatable bonds is 3. The third kappa shape index (κ3) is 3.33. The monoisotopic (exact) mass is 304 g/mol. The number of aliphatic imine (C=N–C) groups is 1. The van der Waals surface area contributed by atoms with Crippen molar-refractivity contribution in [1.82, 2.24) is 0 Å². The van der Waals surface area contributed by atoms with Crippen molar-refractivity contribution in [2.24, 2.45) is 4.99 Å². The fourth-order valence-corrected chi connectivity index (χ4v) is 1.50. The van der Waals surface area contributed by atoms with Gasteiger partial charge in [0.2, 0.25) is 0 Å². The van der Waals surface area contributed by atoms with Crippen LogP contribution in [0.2, 0.25) is 0 Å². The number of hydrogen-bond donors (Lipinski definition) is 1. The van der Waals surface area contributed by atoms with Gasteiger partial charge in [-0.1, -0.05) is 0 Å². The molecule has 0 aliphatic rings. The lowest BCUT2D eigenvalue weighted by atomic mass is 10.3. The molecular formula is C13H6F6N2. The molecule has 2 nitrogen and oxygen atoms in total. The van der Waals surface area contributed by atoms with Gasteiger partial charge in [0.1, 0.15) is 23.0 Å². The van der Waals surface area contributed by atoms with E-state index < -0.39 is 46.3 Å². The van der Waals surface area contributed by atoms with Crippen LogP contribution in [-0.2, 0) is 0 Å². The van der Waals surface area contributed by atoms with E-state index in [2.05, 4.69) is 4.99 Å². The Morgan fingerprint density at radius 2 is 1.14 bits per heavy atom. The van der Waals surface area contributed by atoms with Crippen molar-refractivity contribution < 1.29 is 26.3 Å². The number of hydrogen-bond acceptors (Lipinski definition) is 1. The van der Waals surface area contributed by atoms with E-state index in [1.807, 2.05) is 5.32 Å². The summed E-state index contributed by atoms with van der Waals surface area (Å²) < 4.78 is 78.3. The molecule has 0 heterocycles. The van der Waals surface area contributed by atoms with Gasteiger partial charge in [0.25, 0.3) is 0 Å². The van der Waals surface area contributed by atoms with E-state index in [9.17, 15) is 26.3 Å². The zero-order chi connectivity index (χ0) is 15.6. The molecule has 0 amide bonds. The lowest BCUT2D eigenvalue weighted by Gasteiger charge is -2.04. The van der Waals surface area contributed by atoms with Crippen LogP contribution in [0.1, 0.15) is 0 Å². The van der Waals surface area contributed by atoms with Gasteiger partial charge < -0.3 is 5.32 Å². The second-order valence-corrected chi connectivity index (χ2v) is 3.87. The van der Waals surface area contributed by atoms with Gasteiger partial charge in [-0.2, -0.15) is 0 Å². The summed E-state index contributed by atoms with van der Waals surface area (Å²) in [4.78, 5) is 3.27. The van der Waals surface area contributed by atoms with E-state index in [4.69, 9.17) is 0 Å². The molecule has 0 aliphatic heterocycles. The Bertz CT molecular complexity index is 668. The summed E-state index contributed by atoms with van der Waals surface area (Å²) in [5.41, 5.74) is -1.59. The van der Waals surface area contributed by atoms with E-state index in [1.54, 1.807) is 0 Å². The van der Waals surface area contributed by atoms with E-state index in [-0.39, 0.29) is 0 Å². The third-order valence-electron chi connectivity index (χ3n) is 2.39. The highest BCUT2D eigenvalue weighted by Crippen LogP contribution is 2.23. The van der Waals surface area contributed by atoms with Crippen molar-refractivity contribution in [2.45, 2.75) is 0 Å². The standard InChI is InChI=1S/C13H6F6N2/c14-6-1-8(16)12(9(17)2-6)20-5-21-13-10(18)3-7(15)4-11(13)19/h1-5H,(H,20,21). The van der Waals surface area contributed by atoms with Crippen LogP contribution in [0.25, 0.3) is 0 Å². The number of nitrogens with one attached hydrogen (secondary N) is 1. The molecule has 2 aromatic carbocycles. The number of anilines is 1. The molecule has 0 fully saturated rings. The molecule has 110 valence electrons. The van der Waals surface area contributed by atoms with E-state index in [0.29, 0.717) is 30.6 Å². The van der Waals surface area contributed by atoms with Gasteiger partial charge in [-0.3, -0.25) is 0 Å². The topological polar surface area (TPSA) is 24.4 Å². The molecule has 0 aliphatic carbocycles. The first-order valence-corrected chi connectivity index (χ1v) is 5.46. The van der Waals surface area contributed by atoms with Crippen molar-refractivity contribution in [3.8, 4) is 0 Å². The second kappa shape index (κ2) is 5.86. The number of benzene rings is 2. The first-order valence-electron chi connectivity index (χ1n) is 5.46. The van der Waals surface area contributed by atoms with Crippen molar-refractivity contribution in [1.29, 1.82) is 0 Å². The molecule has 0 saturated carbocycles. The van der Waals surface area contributed by atoms with Crippen LogP contribution in [0.3, 0.4) is 0 Å². The first-order chi connectivity index (χ1) is 9.88. The van der Waals surface area contributed by atoms with Gasteiger partial charge in [-0.15, -0.1) is 0 Å². The highest BCUT2D eigenvalue weighted by Gasteiger charge is 2.12. The molecule has 0 radical (unpaired) electrons. The van der Waals surface area contributed by atoms with Gasteiger partial charge >= 0.3 is 0 Å². The molecule has 0 spiro atoms. The summed E-state index contributed by atoms with van der Waals surface area (Å²) in [7, 11) is 0. The minimum atomic E-state index is -1.29. The van der Waals surface area contributed by atoms with Crippen molar-refractivity contribution in [3.63, 3.8) is 0 Å². The fourth-order valence-electron chi connectivity index (χ4n) is 1.50. The van der Waals surface area contributed by atoms with Gasteiger partial charge in [-0.05, 0) is 0 Å². The zero-order valence-electron chi connectivity index (χ0n) is 10.1. The Kier molecular flexibility index (Phi) is 4.15. The van der Waals surface area contributed by atoms with Gasteiger partial charge in [-0.25, -0.2) is 31.3 Å². The van der Waals surface area contributed by atoms with Crippen molar-refractivity contribution >= 4 is 17.7 Å². The molecule has 8 heteroatoms. The molecule has 1 N–H and O–H groups in total. The highest BCUT2D eigenvalue weighted by molar-refractivity contribution is 5.78. The summed E-state index contributed by atoms with van der Waals surface area (Å²) in [6, 6.07) is 1.63. The fraction of sp³-hybridized carbons (Fsp3) is 0. The number of halogens is 6. The maximum Gasteiger partial charge on any atom is 0.154 e. The van der Waals surface area contributed by atoms with Crippen LogP contribution in [0.15, 0.2) is 29.3 Å². The molecule has 2 rings (SSSR count). The average Bonchev–Trinajstić information content (AvgIpc) is 2.34. The summed E-state index contributed by atoms with van der Waals surface area (Å²) in [5.74, 6) is -7.33. The van der Waals surface area contributed by atoms with Crippen molar-refractivity contribution in [2.75, 3.05) is 5.32 Å². The Balaban J connectivity index is 2.25. The van der Waals surface area contributed by atoms with Crippen LogP contribution < -0.4 is 5.32 Å². The van der Waals surface area contributed by atoms with Gasteiger partial charge in [0.15, 0.2) is 23.3 Å². The maximum absolute atomic E-state index is 13.2. The van der Waals surface area contributed by atoms with E-state index >= 15 is 0 Å². The predicted molar refractivity (Wildman–Crippen MR) is 64.4 cm³/mol. The SMILES string of the molecule is Fc1cc(F)c(/N=C/Nc2c(F)cc(F)cc2F)c(F)c1. The average molecular weight is 304 g/mol. The Morgan fingerprint density at radius 3 is 1.62 bits per heavy atom. The molecule has 0 bridgehead atoms. The smallest absolute Gasteiger partial charge is 0.154 e. The van der Waals surface area contributed by atoms with Crippen LogP contribution in [-0.4, -0.2) is 6.34 Å². The van der Waals surface area contributed by atoms with Crippen LogP contribution in [0, 0.1) is 34.9 Å². The van der Waals surface area contributed by atoms with E-state index in [0.717, 1.165) is 0 Å². The molecular weight excluding hydrogens is 298 g/mol. The van der Waals surface area contributed by atoms with Gasteiger partial charge in [0.05, 0.1) is 6.34 Å². The maximum atomic E-state index is 13.2. The minimum absolute atomic E-state index is 0.398. The molecule has 0 saturated heterocycles. The van der Waals surface area contributed by atoms with Crippen LogP contribution >= 0.6 is 0 Å². The molecule has 0 aromatic heterocycles. The Morgan fingerprint density at radius 1 is 0.714 bits per heavy atom. The quantitative estimate of drug-likeness (QED) is 0.510. The molecule has 0 atom stereocenters. The van der Waals surface area contributed by atoms with E-state index in [1.165, 1.54) is 0 Å². The zero-order valence-corrected chi connectivity index (χ0v) is 10.1. The highest BCUT2D eigenvalue weighted by atomic mass is 19.2. The first kappa shape index (κ1) is 14.9. The Hall–Kier alpha value is -2.51. The van der Waals surface area contributed by atoms with Gasteiger partial charge in [0, 0.05) is 24.3 Å². The number of nitrogens with zero attached hydrogens (tertiary/aromatic N) is 1. The minimum Gasteiger partial charge on any atom is -0.342 e. The van der Waals surface area contributed by atoms with Crippen LogP contribution in [0.4, 0.5) is 37.7 Å². The lowest BCUT2D eigenvalue weighted by Crippen LogP contribution is -2.02. The summed E-state index contributed by atoms with van der Waals surface area (Å²) in [5, 5.41) is 1.99. The second-order valence-electron chi connectivity index (χ2n) is 3.87. The summed E-state index contributed by atoms with van der Waals surface area (Å²) in [6.45, 7) is 0. The molecule has 0 unspecified atom stereocenters. The predicted octanol–water partition coefficient (Wildman–Crippen LogP) is 4.29. The summed E-state index contributed by atoms with van der Waals surface area (Å²) >= 11 is 0. The normalized spacial score (nSPS) is 11.1. The molecule has 21 heavy (non-hydrogen) atoms. The summed E-state index contributed by atoms with van der Waals surface area (Å²) in [6.07, 6.45) is 0.596. The Labute approximate surface area is 114 Å².